The average Bonchev–Trinajstić information content (AvgIpc) is 2.72. The second-order valence-corrected chi connectivity index (χ2v) is 5.59. The van der Waals surface area contributed by atoms with Crippen LogP contribution < -0.4 is 10.6 Å². The van der Waals surface area contributed by atoms with Crippen molar-refractivity contribution in [3.8, 4) is 0 Å². The maximum absolute atomic E-state index is 13.6. The molecular formula is C15H12BrFN2O. The topological polar surface area (TPSA) is 41.1 Å². The molecule has 1 unspecified atom stereocenters. The Morgan fingerprint density at radius 2 is 2.10 bits per heavy atom. The number of fused-ring (bicyclic) bond motifs is 1. The van der Waals surface area contributed by atoms with E-state index in [0.29, 0.717) is 11.3 Å². The van der Waals surface area contributed by atoms with E-state index in [0.717, 1.165) is 15.7 Å². The number of carbonyl (C=O) groups excluding carboxylic acids is 1. The van der Waals surface area contributed by atoms with Crippen LogP contribution in [0.2, 0.25) is 0 Å². The predicted octanol–water partition coefficient (Wildman–Crippen LogP) is 4.00. The molecule has 0 radical (unpaired) electrons. The summed E-state index contributed by atoms with van der Waals surface area (Å²) >= 11 is 3.45. The van der Waals surface area contributed by atoms with Crippen LogP contribution in [0.3, 0.4) is 0 Å². The number of halogens is 2. The molecule has 0 fully saturated rings. The summed E-state index contributed by atoms with van der Waals surface area (Å²) in [4.78, 5) is 12.1. The van der Waals surface area contributed by atoms with E-state index >= 15 is 0 Å². The molecule has 3 rings (SSSR count). The molecule has 0 spiro atoms. The standard InChI is InChI=1S/C15H12BrFN2O/c1-8-5-6-9(7-11(8)17)18-14-13-10(16)3-2-4-12(13)19-15(14)20/h2-7,14,18H,1H3,(H,19,20). The number of rotatable bonds is 2. The fourth-order valence-electron chi connectivity index (χ4n) is 2.26. The zero-order valence-electron chi connectivity index (χ0n) is 10.7. The van der Waals surface area contributed by atoms with Gasteiger partial charge in [0.1, 0.15) is 11.9 Å². The van der Waals surface area contributed by atoms with Gasteiger partial charge in [0.25, 0.3) is 5.91 Å². The molecule has 20 heavy (non-hydrogen) atoms. The maximum Gasteiger partial charge on any atom is 0.251 e. The first-order chi connectivity index (χ1) is 9.56. The van der Waals surface area contributed by atoms with Crippen LogP contribution in [0.5, 0.6) is 0 Å². The molecule has 2 N–H and O–H groups in total. The molecule has 3 nitrogen and oxygen atoms in total. The normalized spacial score (nSPS) is 16.8. The Bertz CT molecular complexity index is 702. The number of nitrogens with one attached hydrogen (secondary N) is 2. The van der Waals surface area contributed by atoms with Crippen LogP contribution >= 0.6 is 15.9 Å². The van der Waals surface area contributed by atoms with E-state index < -0.39 is 6.04 Å². The van der Waals surface area contributed by atoms with Crippen molar-refractivity contribution in [1.82, 2.24) is 0 Å². The molecule has 2 aromatic rings. The lowest BCUT2D eigenvalue weighted by Crippen LogP contribution is -2.20. The van der Waals surface area contributed by atoms with Crippen LogP contribution in [0.1, 0.15) is 17.2 Å². The van der Waals surface area contributed by atoms with Crippen LogP contribution in [-0.4, -0.2) is 5.91 Å². The van der Waals surface area contributed by atoms with Gasteiger partial charge in [-0.1, -0.05) is 28.1 Å². The fourth-order valence-corrected chi connectivity index (χ4v) is 2.86. The second-order valence-electron chi connectivity index (χ2n) is 4.73. The van der Waals surface area contributed by atoms with Gasteiger partial charge in [-0.3, -0.25) is 4.79 Å². The molecule has 0 bridgehead atoms. The van der Waals surface area contributed by atoms with E-state index in [4.69, 9.17) is 0 Å². The van der Waals surface area contributed by atoms with Gasteiger partial charge in [0, 0.05) is 21.4 Å². The smallest absolute Gasteiger partial charge is 0.251 e. The van der Waals surface area contributed by atoms with Gasteiger partial charge in [-0.25, -0.2) is 4.39 Å². The molecule has 1 aliphatic heterocycles. The van der Waals surface area contributed by atoms with Gasteiger partial charge >= 0.3 is 0 Å². The molecule has 102 valence electrons. The largest absolute Gasteiger partial charge is 0.370 e. The molecule has 0 saturated carbocycles. The highest BCUT2D eigenvalue weighted by Crippen LogP contribution is 2.38. The van der Waals surface area contributed by atoms with Gasteiger partial charge in [0.05, 0.1) is 0 Å². The van der Waals surface area contributed by atoms with Crippen molar-refractivity contribution in [2.75, 3.05) is 10.6 Å². The predicted molar refractivity (Wildman–Crippen MR) is 80.3 cm³/mol. The minimum Gasteiger partial charge on any atom is -0.370 e. The van der Waals surface area contributed by atoms with Gasteiger partial charge in [0.15, 0.2) is 0 Å². The summed E-state index contributed by atoms with van der Waals surface area (Å²) in [6.45, 7) is 1.70. The second kappa shape index (κ2) is 4.90. The lowest BCUT2D eigenvalue weighted by Gasteiger charge is -2.14. The van der Waals surface area contributed by atoms with Crippen molar-refractivity contribution in [2.24, 2.45) is 0 Å². The first-order valence-corrected chi connectivity index (χ1v) is 6.97. The molecule has 2 aromatic carbocycles. The number of anilines is 2. The number of hydrogen-bond acceptors (Lipinski definition) is 2. The van der Waals surface area contributed by atoms with E-state index in [1.807, 2.05) is 18.2 Å². The Kier molecular flexibility index (Phi) is 3.22. The van der Waals surface area contributed by atoms with Gasteiger partial charge in [0.2, 0.25) is 0 Å². The lowest BCUT2D eigenvalue weighted by atomic mass is 10.1. The third-order valence-electron chi connectivity index (χ3n) is 3.34. The summed E-state index contributed by atoms with van der Waals surface area (Å²) in [5.41, 5.74) is 2.78. The minimum absolute atomic E-state index is 0.145. The first kappa shape index (κ1) is 13.1. The van der Waals surface area contributed by atoms with Gasteiger partial charge in [-0.15, -0.1) is 0 Å². The average molecular weight is 335 g/mol. The number of aryl methyl sites for hydroxylation is 1. The van der Waals surface area contributed by atoms with Gasteiger partial charge in [-0.2, -0.15) is 0 Å². The summed E-state index contributed by atoms with van der Waals surface area (Å²) in [5, 5.41) is 5.88. The van der Waals surface area contributed by atoms with Crippen LogP contribution in [0.4, 0.5) is 15.8 Å². The van der Waals surface area contributed by atoms with Crippen molar-refractivity contribution in [3.63, 3.8) is 0 Å². The van der Waals surface area contributed by atoms with Crippen molar-refractivity contribution >= 4 is 33.2 Å². The van der Waals surface area contributed by atoms with Gasteiger partial charge < -0.3 is 10.6 Å². The zero-order chi connectivity index (χ0) is 14.3. The Labute approximate surface area is 124 Å². The number of amides is 1. The molecule has 5 heteroatoms. The van der Waals surface area contributed by atoms with Crippen LogP contribution in [0, 0.1) is 12.7 Å². The van der Waals surface area contributed by atoms with E-state index in [9.17, 15) is 9.18 Å². The molecule has 1 atom stereocenters. The summed E-state index contributed by atoms with van der Waals surface area (Å²) in [6, 6.07) is 9.90. The van der Waals surface area contributed by atoms with Crippen molar-refractivity contribution in [3.05, 3.63) is 57.8 Å². The van der Waals surface area contributed by atoms with Crippen molar-refractivity contribution < 1.29 is 9.18 Å². The summed E-state index contributed by atoms with van der Waals surface area (Å²) in [6.07, 6.45) is 0. The molecule has 1 heterocycles. The Morgan fingerprint density at radius 1 is 1.30 bits per heavy atom. The van der Waals surface area contributed by atoms with E-state index in [2.05, 4.69) is 26.6 Å². The van der Waals surface area contributed by atoms with Crippen molar-refractivity contribution in [2.45, 2.75) is 13.0 Å². The van der Waals surface area contributed by atoms with E-state index in [1.165, 1.54) is 6.07 Å². The molecule has 0 aromatic heterocycles. The quantitative estimate of drug-likeness (QED) is 0.871. The summed E-state index contributed by atoms with van der Waals surface area (Å²) in [5.74, 6) is -0.436. The number of benzene rings is 2. The summed E-state index contributed by atoms with van der Waals surface area (Å²) < 4.78 is 14.4. The SMILES string of the molecule is Cc1ccc(NC2C(=O)Nc3cccc(Br)c32)cc1F. The van der Waals surface area contributed by atoms with E-state index in [-0.39, 0.29) is 11.7 Å². The highest BCUT2D eigenvalue weighted by molar-refractivity contribution is 9.10. The highest BCUT2D eigenvalue weighted by atomic mass is 79.9. The molecule has 0 aliphatic carbocycles. The molecule has 0 saturated heterocycles. The van der Waals surface area contributed by atoms with Crippen LogP contribution in [-0.2, 0) is 4.79 Å². The first-order valence-electron chi connectivity index (χ1n) is 6.18. The zero-order valence-corrected chi connectivity index (χ0v) is 12.3. The monoisotopic (exact) mass is 334 g/mol. The van der Waals surface area contributed by atoms with E-state index in [1.54, 1.807) is 19.1 Å². The Hall–Kier alpha value is -1.88. The lowest BCUT2D eigenvalue weighted by molar-refractivity contribution is -0.116. The third-order valence-corrected chi connectivity index (χ3v) is 4.04. The molecular weight excluding hydrogens is 323 g/mol. The highest BCUT2D eigenvalue weighted by Gasteiger charge is 2.32. The summed E-state index contributed by atoms with van der Waals surface area (Å²) in [7, 11) is 0. The van der Waals surface area contributed by atoms with Crippen LogP contribution in [0.15, 0.2) is 40.9 Å². The van der Waals surface area contributed by atoms with Crippen molar-refractivity contribution in [1.29, 1.82) is 0 Å². The number of hydrogen-bond donors (Lipinski definition) is 2. The fraction of sp³-hybridized carbons (Fsp3) is 0.133. The maximum atomic E-state index is 13.6. The van der Waals surface area contributed by atoms with Crippen LogP contribution in [0.25, 0.3) is 0 Å². The van der Waals surface area contributed by atoms with Gasteiger partial charge in [-0.05, 0) is 36.8 Å². The third kappa shape index (κ3) is 2.18. The minimum atomic E-state index is -0.525. The molecule has 1 amide bonds. The number of carbonyl (C=O) groups is 1. The molecule has 1 aliphatic rings. The Morgan fingerprint density at radius 3 is 2.85 bits per heavy atom. The Balaban J connectivity index is 1.96.